The van der Waals surface area contributed by atoms with Gasteiger partial charge in [0, 0.05) is 4.47 Å². The largest absolute Gasteiger partial charge is 0.0651 e. The quantitative estimate of drug-likeness (QED) is 0.702. The molecule has 0 spiro atoms. The molecule has 1 aromatic carbocycles. The Labute approximate surface area is 76.8 Å². The van der Waals surface area contributed by atoms with Gasteiger partial charge in [-0.15, -0.1) is 0 Å². The van der Waals surface area contributed by atoms with Crippen LogP contribution < -0.4 is 0 Å². The highest BCUT2D eigenvalue weighted by molar-refractivity contribution is 9.10. The fraction of sp³-hybridized carbons (Fsp3) is 0.400. The zero-order valence-electron chi connectivity index (χ0n) is 7.02. The van der Waals surface area contributed by atoms with Gasteiger partial charge in [0.05, 0.1) is 0 Å². The first-order valence-corrected chi connectivity index (χ1v) is 4.78. The second kappa shape index (κ2) is 3.91. The van der Waals surface area contributed by atoms with Gasteiger partial charge in [-0.1, -0.05) is 41.4 Å². The SMILES string of the molecule is CCCc1ccc(C)c(Br)c1. The van der Waals surface area contributed by atoms with Crippen LogP contribution in [0.3, 0.4) is 0 Å². The standard InChI is InChI=1S/C10H13Br/c1-3-4-9-6-5-8(2)10(11)7-9/h5-7H,3-4H2,1-2H3. The highest BCUT2D eigenvalue weighted by atomic mass is 79.9. The Bertz CT molecular complexity index is 241. The number of hydrogen-bond acceptors (Lipinski definition) is 0. The molecule has 0 radical (unpaired) electrons. The molecule has 0 fully saturated rings. The van der Waals surface area contributed by atoms with E-state index in [0.717, 1.165) is 0 Å². The molecule has 0 amide bonds. The van der Waals surface area contributed by atoms with Crippen molar-refractivity contribution in [3.63, 3.8) is 0 Å². The maximum Gasteiger partial charge on any atom is 0.0207 e. The summed E-state index contributed by atoms with van der Waals surface area (Å²) in [6.07, 6.45) is 2.40. The molecule has 11 heavy (non-hydrogen) atoms. The molecule has 0 nitrogen and oxygen atoms in total. The van der Waals surface area contributed by atoms with Crippen molar-refractivity contribution in [2.24, 2.45) is 0 Å². The predicted molar refractivity (Wildman–Crippen MR) is 52.9 cm³/mol. The minimum absolute atomic E-state index is 1.18. The number of hydrogen-bond donors (Lipinski definition) is 0. The molecule has 0 heterocycles. The van der Waals surface area contributed by atoms with Crippen LogP contribution in [0.15, 0.2) is 22.7 Å². The van der Waals surface area contributed by atoms with E-state index >= 15 is 0 Å². The van der Waals surface area contributed by atoms with Crippen molar-refractivity contribution in [3.8, 4) is 0 Å². The van der Waals surface area contributed by atoms with Crippen LogP contribution in [0, 0.1) is 6.92 Å². The monoisotopic (exact) mass is 212 g/mol. The summed E-state index contributed by atoms with van der Waals surface area (Å²) in [4.78, 5) is 0. The molecule has 1 aromatic rings. The van der Waals surface area contributed by atoms with Crippen LogP contribution in [0.2, 0.25) is 0 Å². The Morgan fingerprint density at radius 3 is 2.64 bits per heavy atom. The van der Waals surface area contributed by atoms with Crippen LogP contribution in [0.25, 0.3) is 0 Å². The molecule has 0 atom stereocenters. The second-order valence-electron chi connectivity index (χ2n) is 2.83. The van der Waals surface area contributed by atoms with E-state index in [4.69, 9.17) is 0 Å². The molecule has 0 aliphatic carbocycles. The van der Waals surface area contributed by atoms with Crippen LogP contribution in [-0.2, 0) is 6.42 Å². The van der Waals surface area contributed by atoms with Crippen molar-refractivity contribution >= 4 is 15.9 Å². The Kier molecular flexibility index (Phi) is 3.13. The van der Waals surface area contributed by atoms with Crippen LogP contribution in [0.5, 0.6) is 0 Å². The average Bonchev–Trinajstić information content (AvgIpc) is 1.98. The summed E-state index contributed by atoms with van der Waals surface area (Å²) >= 11 is 3.52. The summed E-state index contributed by atoms with van der Waals surface area (Å²) in [6.45, 7) is 4.31. The summed E-state index contributed by atoms with van der Waals surface area (Å²) in [5.41, 5.74) is 2.73. The Morgan fingerprint density at radius 1 is 1.36 bits per heavy atom. The summed E-state index contributed by atoms with van der Waals surface area (Å²) in [5.74, 6) is 0. The van der Waals surface area contributed by atoms with E-state index in [2.05, 4.69) is 48.0 Å². The lowest BCUT2D eigenvalue weighted by Crippen LogP contribution is -1.84. The molecule has 0 saturated heterocycles. The zero-order chi connectivity index (χ0) is 8.27. The van der Waals surface area contributed by atoms with Gasteiger partial charge in [-0.2, -0.15) is 0 Å². The summed E-state index contributed by atoms with van der Waals surface area (Å²) in [6, 6.07) is 6.57. The normalized spacial score (nSPS) is 10.1. The molecule has 1 rings (SSSR count). The molecule has 0 unspecified atom stereocenters. The van der Waals surface area contributed by atoms with Gasteiger partial charge in [-0.05, 0) is 30.5 Å². The molecule has 0 saturated carbocycles. The molecular formula is C10H13Br. The van der Waals surface area contributed by atoms with Crippen molar-refractivity contribution in [2.75, 3.05) is 0 Å². The van der Waals surface area contributed by atoms with Crippen molar-refractivity contribution < 1.29 is 0 Å². The topological polar surface area (TPSA) is 0 Å². The van der Waals surface area contributed by atoms with Crippen LogP contribution in [0.4, 0.5) is 0 Å². The van der Waals surface area contributed by atoms with E-state index in [1.165, 1.54) is 28.4 Å². The fourth-order valence-electron chi connectivity index (χ4n) is 1.08. The summed E-state index contributed by atoms with van der Waals surface area (Å²) in [5, 5.41) is 0. The molecule has 0 aliphatic rings. The van der Waals surface area contributed by atoms with Crippen LogP contribution in [-0.4, -0.2) is 0 Å². The Hall–Kier alpha value is -0.300. The molecule has 0 aromatic heterocycles. The lowest BCUT2D eigenvalue weighted by atomic mass is 10.1. The number of rotatable bonds is 2. The summed E-state index contributed by atoms with van der Waals surface area (Å²) < 4.78 is 1.23. The highest BCUT2D eigenvalue weighted by Gasteiger charge is 1.95. The van der Waals surface area contributed by atoms with Gasteiger partial charge in [0.25, 0.3) is 0 Å². The molecule has 0 N–H and O–H groups in total. The van der Waals surface area contributed by atoms with Gasteiger partial charge < -0.3 is 0 Å². The second-order valence-corrected chi connectivity index (χ2v) is 3.69. The molecule has 1 heteroatoms. The van der Waals surface area contributed by atoms with Gasteiger partial charge >= 0.3 is 0 Å². The van der Waals surface area contributed by atoms with Crippen molar-refractivity contribution in [1.82, 2.24) is 0 Å². The third kappa shape index (κ3) is 2.33. The number of aryl methyl sites for hydroxylation is 2. The lowest BCUT2D eigenvalue weighted by Gasteiger charge is -2.01. The van der Waals surface area contributed by atoms with E-state index in [1.54, 1.807) is 0 Å². The van der Waals surface area contributed by atoms with E-state index < -0.39 is 0 Å². The van der Waals surface area contributed by atoms with E-state index in [-0.39, 0.29) is 0 Å². The first kappa shape index (κ1) is 8.79. The first-order valence-electron chi connectivity index (χ1n) is 3.99. The smallest absolute Gasteiger partial charge is 0.0207 e. The van der Waals surface area contributed by atoms with Crippen molar-refractivity contribution in [3.05, 3.63) is 33.8 Å². The first-order chi connectivity index (χ1) is 5.24. The maximum absolute atomic E-state index is 3.52. The van der Waals surface area contributed by atoms with E-state index in [0.29, 0.717) is 0 Å². The van der Waals surface area contributed by atoms with Crippen LogP contribution in [0.1, 0.15) is 24.5 Å². The molecular weight excluding hydrogens is 200 g/mol. The lowest BCUT2D eigenvalue weighted by molar-refractivity contribution is 0.920. The van der Waals surface area contributed by atoms with Crippen molar-refractivity contribution in [1.29, 1.82) is 0 Å². The van der Waals surface area contributed by atoms with Gasteiger partial charge in [-0.25, -0.2) is 0 Å². The molecule has 60 valence electrons. The Balaban J connectivity index is 2.86. The van der Waals surface area contributed by atoms with Gasteiger partial charge in [0.15, 0.2) is 0 Å². The highest BCUT2D eigenvalue weighted by Crippen LogP contribution is 2.18. The van der Waals surface area contributed by atoms with Gasteiger partial charge in [0.2, 0.25) is 0 Å². The van der Waals surface area contributed by atoms with Gasteiger partial charge in [0.1, 0.15) is 0 Å². The third-order valence-electron chi connectivity index (χ3n) is 1.77. The van der Waals surface area contributed by atoms with E-state index in [1.807, 2.05) is 0 Å². The minimum Gasteiger partial charge on any atom is -0.0651 e. The summed E-state index contributed by atoms with van der Waals surface area (Å²) in [7, 11) is 0. The Morgan fingerprint density at radius 2 is 2.09 bits per heavy atom. The van der Waals surface area contributed by atoms with Crippen molar-refractivity contribution in [2.45, 2.75) is 26.7 Å². The minimum atomic E-state index is 1.18. The number of benzene rings is 1. The number of halogens is 1. The predicted octanol–water partition coefficient (Wildman–Crippen LogP) is 3.71. The fourth-order valence-corrected chi connectivity index (χ4v) is 1.51. The van der Waals surface area contributed by atoms with E-state index in [9.17, 15) is 0 Å². The van der Waals surface area contributed by atoms with Crippen LogP contribution >= 0.6 is 15.9 Å². The molecule has 0 aliphatic heterocycles. The van der Waals surface area contributed by atoms with Gasteiger partial charge in [-0.3, -0.25) is 0 Å². The third-order valence-corrected chi connectivity index (χ3v) is 2.63. The average molecular weight is 213 g/mol. The molecule has 0 bridgehead atoms. The maximum atomic E-state index is 3.52. The zero-order valence-corrected chi connectivity index (χ0v) is 8.61.